The fraction of sp³-hybridized carbons (Fsp3) is 0.474. The normalized spacial score (nSPS) is 25.5. The molecule has 2 atom stereocenters. The van der Waals surface area contributed by atoms with Crippen molar-refractivity contribution in [1.29, 1.82) is 0 Å². The first-order chi connectivity index (χ1) is 11.4. The Bertz CT molecular complexity index is 743. The van der Waals surface area contributed by atoms with Gasteiger partial charge >= 0.3 is 0 Å². The molecule has 1 aromatic carbocycles. The zero-order valence-electron chi connectivity index (χ0n) is 13.9. The van der Waals surface area contributed by atoms with Crippen LogP contribution in [0.1, 0.15) is 63.1 Å². The van der Waals surface area contributed by atoms with Gasteiger partial charge in [-0.2, -0.15) is 0 Å². The Morgan fingerprint density at radius 2 is 2.21 bits per heavy atom. The van der Waals surface area contributed by atoms with Crippen molar-refractivity contribution in [3.8, 4) is 0 Å². The van der Waals surface area contributed by atoms with Crippen molar-refractivity contribution in [3.63, 3.8) is 0 Å². The van der Waals surface area contributed by atoms with E-state index >= 15 is 0 Å². The number of carbonyl (C=O) groups is 2. The van der Waals surface area contributed by atoms with E-state index in [2.05, 4.69) is 28.2 Å². The Hall–Kier alpha value is -1.49. The molecule has 0 spiro atoms. The summed E-state index contributed by atoms with van der Waals surface area (Å²) in [6.45, 7) is 3.62. The molecule has 3 rings (SSSR count). The number of benzene rings is 1. The van der Waals surface area contributed by atoms with Gasteiger partial charge in [-0.05, 0) is 57.6 Å². The van der Waals surface area contributed by atoms with Crippen molar-refractivity contribution in [1.82, 2.24) is 5.32 Å². The number of carbonyl (C=O) groups excluding carboxylic acids is 2. The molecule has 0 bridgehead atoms. The summed E-state index contributed by atoms with van der Waals surface area (Å²) in [5.74, 6) is -0.385. The lowest BCUT2D eigenvalue weighted by molar-refractivity contribution is -0.120. The number of nitrogens with one attached hydrogen (secondary N) is 1. The van der Waals surface area contributed by atoms with Gasteiger partial charge in [0.1, 0.15) is 5.82 Å². The molecule has 0 saturated carbocycles. The Balaban J connectivity index is 2.25. The average molecular weight is 394 g/mol. The largest absolute Gasteiger partial charge is 0.349 e. The number of hydrogen-bond acceptors (Lipinski definition) is 2. The van der Waals surface area contributed by atoms with Gasteiger partial charge in [0.05, 0.1) is 10.5 Å². The van der Waals surface area contributed by atoms with E-state index in [4.69, 9.17) is 0 Å². The fourth-order valence-electron chi connectivity index (χ4n) is 4.20. The second-order valence-electron chi connectivity index (χ2n) is 6.74. The van der Waals surface area contributed by atoms with E-state index < -0.39 is 0 Å². The number of allylic oxidation sites excluding steroid dienone is 1. The summed E-state index contributed by atoms with van der Waals surface area (Å²) in [4.78, 5) is 24.1. The van der Waals surface area contributed by atoms with Crippen molar-refractivity contribution in [2.45, 2.75) is 52.0 Å². The molecule has 1 aromatic rings. The molecule has 0 radical (unpaired) electrons. The molecule has 0 aromatic heterocycles. The summed E-state index contributed by atoms with van der Waals surface area (Å²) in [7, 11) is 0. The summed E-state index contributed by atoms with van der Waals surface area (Å²) in [6.07, 6.45) is 4.00. The van der Waals surface area contributed by atoms with Crippen LogP contribution in [0.25, 0.3) is 5.57 Å². The standard InChI is InChI=1S/C19H21BrFNO2/c1-3-4-8-19-9-7-15(24)17(20)16(19)14-10-12(21)5-6-13(14)18(19)22-11(2)23/h5-6,10,18H,3-4,7-9H2,1-2H3,(H,22,23). The molecule has 0 heterocycles. The molecule has 128 valence electrons. The molecular weight excluding hydrogens is 373 g/mol. The minimum atomic E-state index is -0.343. The van der Waals surface area contributed by atoms with Gasteiger partial charge in [-0.15, -0.1) is 0 Å². The van der Waals surface area contributed by atoms with Crippen molar-refractivity contribution >= 4 is 33.2 Å². The van der Waals surface area contributed by atoms with E-state index in [1.807, 2.05) is 0 Å². The maximum absolute atomic E-state index is 13.9. The number of halogens is 2. The molecule has 5 heteroatoms. The Morgan fingerprint density at radius 1 is 1.46 bits per heavy atom. The second-order valence-corrected chi connectivity index (χ2v) is 7.53. The Kier molecular flexibility index (Phi) is 4.65. The van der Waals surface area contributed by atoms with Crippen LogP contribution < -0.4 is 5.32 Å². The van der Waals surface area contributed by atoms with Gasteiger partial charge in [-0.3, -0.25) is 9.59 Å². The average Bonchev–Trinajstić information content (AvgIpc) is 2.79. The monoisotopic (exact) mass is 393 g/mol. The summed E-state index contributed by atoms with van der Waals surface area (Å²) >= 11 is 3.47. The molecule has 2 unspecified atom stereocenters. The van der Waals surface area contributed by atoms with Gasteiger partial charge in [-0.25, -0.2) is 4.39 Å². The summed E-state index contributed by atoms with van der Waals surface area (Å²) < 4.78 is 14.4. The number of hydrogen-bond donors (Lipinski definition) is 1. The topological polar surface area (TPSA) is 46.2 Å². The molecule has 2 aliphatic carbocycles. The highest BCUT2D eigenvalue weighted by molar-refractivity contribution is 9.12. The van der Waals surface area contributed by atoms with Crippen LogP contribution in [0.3, 0.4) is 0 Å². The maximum atomic E-state index is 13.9. The molecular formula is C19H21BrFNO2. The van der Waals surface area contributed by atoms with Crippen molar-refractivity contribution in [2.75, 3.05) is 0 Å². The number of unbranched alkanes of at least 4 members (excludes halogenated alkanes) is 1. The van der Waals surface area contributed by atoms with E-state index in [-0.39, 0.29) is 29.0 Å². The van der Waals surface area contributed by atoms with Crippen LogP contribution in [-0.4, -0.2) is 11.7 Å². The number of rotatable bonds is 4. The first-order valence-corrected chi connectivity index (χ1v) is 9.20. The first kappa shape index (κ1) is 17.3. The van der Waals surface area contributed by atoms with Crippen molar-refractivity contribution in [2.24, 2.45) is 5.41 Å². The molecule has 1 N–H and O–H groups in total. The van der Waals surface area contributed by atoms with Gasteiger partial charge in [0, 0.05) is 18.8 Å². The van der Waals surface area contributed by atoms with Crippen LogP contribution in [-0.2, 0) is 9.59 Å². The predicted molar refractivity (Wildman–Crippen MR) is 95.0 cm³/mol. The fourth-order valence-corrected chi connectivity index (χ4v) is 5.01. The van der Waals surface area contributed by atoms with Gasteiger partial charge in [0.25, 0.3) is 0 Å². The smallest absolute Gasteiger partial charge is 0.217 e. The summed E-state index contributed by atoms with van der Waals surface area (Å²) in [6, 6.07) is 4.45. The van der Waals surface area contributed by atoms with E-state index in [1.54, 1.807) is 6.07 Å². The Morgan fingerprint density at radius 3 is 2.88 bits per heavy atom. The zero-order chi connectivity index (χ0) is 17.5. The molecule has 3 nitrogen and oxygen atoms in total. The van der Waals surface area contributed by atoms with Gasteiger partial charge in [0.15, 0.2) is 5.78 Å². The van der Waals surface area contributed by atoms with Crippen LogP contribution in [0.4, 0.5) is 4.39 Å². The van der Waals surface area contributed by atoms with E-state index in [0.29, 0.717) is 17.3 Å². The third kappa shape index (κ3) is 2.63. The van der Waals surface area contributed by atoms with Crippen LogP contribution in [0, 0.1) is 11.2 Å². The van der Waals surface area contributed by atoms with Crippen LogP contribution in [0.15, 0.2) is 22.7 Å². The van der Waals surface area contributed by atoms with Crippen LogP contribution in [0.5, 0.6) is 0 Å². The van der Waals surface area contributed by atoms with Crippen molar-refractivity contribution < 1.29 is 14.0 Å². The maximum Gasteiger partial charge on any atom is 0.217 e. The summed E-state index contributed by atoms with van der Waals surface area (Å²) in [5, 5.41) is 3.07. The van der Waals surface area contributed by atoms with E-state index in [1.165, 1.54) is 19.1 Å². The van der Waals surface area contributed by atoms with Gasteiger partial charge in [-0.1, -0.05) is 25.8 Å². The molecule has 2 aliphatic rings. The highest BCUT2D eigenvalue weighted by atomic mass is 79.9. The lowest BCUT2D eigenvalue weighted by Crippen LogP contribution is -2.39. The third-order valence-corrected chi connectivity index (χ3v) is 6.07. The number of ketones is 1. The lowest BCUT2D eigenvalue weighted by atomic mass is 9.67. The Labute approximate surface area is 149 Å². The molecule has 0 fully saturated rings. The molecule has 1 amide bonds. The van der Waals surface area contributed by atoms with Crippen molar-refractivity contribution in [3.05, 3.63) is 39.6 Å². The van der Waals surface area contributed by atoms with Gasteiger partial charge in [0.2, 0.25) is 5.91 Å². The minimum absolute atomic E-state index is 0.0517. The number of Topliss-reactive ketones (excluding diaryl/α,β-unsaturated/α-hetero) is 1. The minimum Gasteiger partial charge on any atom is -0.349 e. The number of amides is 1. The highest BCUT2D eigenvalue weighted by Crippen LogP contribution is 2.62. The van der Waals surface area contributed by atoms with Crippen LogP contribution >= 0.6 is 15.9 Å². The lowest BCUT2D eigenvalue weighted by Gasteiger charge is -2.40. The summed E-state index contributed by atoms with van der Waals surface area (Å²) in [5.41, 5.74) is 2.19. The van der Waals surface area contributed by atoms with E-state index in [0.717, 1.165) is 36.0 Å². The van der Waals surface area contributed by atoms with Crippen LogP contribution in [0.2, 0.25) is 0 Å². The first-order valence-electron chi connectivity index (χ1n) is 8.41. The molecule has 24 heavy (non-hydrogen) atoms. The highest BCUT2D eigenvalue weighted by Gasteiger charge is 2.53. The zero-order valence-corrected chi connectivity index (χ0v) is 15.5. The quantitative estimate of drug-likeness (QED) is 0.807. The molecule has 0 aliphatic heterocycles. The number of fused-ring (bicyclic) bond motifs is 3. The van der Waals surface area contributed by atoms with E-state index in [9.17, 15) is 14.0 Å². The SMILES string of the molecule is CCCCC12CCC(=O)C(Br)=C1c1cc(F)ccc1C2NC(C)=O. The molecule has 0 saturated heterocycles. The third-order valence-electron chi connectivity index (χ3n) is 5.23. The predicted octanol–water partition coefficient (Wildman–Crippen LogP) is 4.66. The van der Waals surface area contributed by atoms with Gasteiger partial charge < -0.3 is 5.32 Å². The second kappa shape index (κ2) is 6.43.